The van der Waals surface area contributed by atoms with Crippen molar-refractivity contribution in [3.05, 3.63) is 59.1 Å². The van der Waals surface area contributed by atoms with Gasteiger partial charge in [-0.1, -0.05) is 29.8 Å². The Morgan fingerprint density at radius 2 is 1.87 bits per heavy atom. The molecule has 0 radical (unpaired) electrons. The second kappa shape index (κ2) is 6.13. The highest BCUT2D eigenvalue weighted by molar-refractivity contribution is 7.89. The summed E-state index contributed by atoms with van der Waals surface area (Å²) in [5.74, 6) is 0.576. The molecule has 0 bridgehead atoms. The fourth-order valence-corrected chi connectivity index (χ4v) is 3.75. The Hall–Kier alpha value is -1.60. The van der Waals surface area contributed by atoms with E-state index in [1.807, 2.05) is 6.07 Å². The van der Waals surface area contributed by atoms with Crippen molar-refractivity contribution in [1.82, 2.24) is 4.72 Å². The van der Waals surface area contributed by atoms with Crippen LogP contribution in [0.25, 0.3) is 0 Å². The van der Waals surface area contributed by atoms with E-state index in [-0.39, 0.29) is 11.4 Å². The van der Waals surface area contributed by atoms with E-state index in [0.29, 0.717) is 29.4 Å². The van der Waals surface area contributed by atoms with Crippen LogP contribution >= 0.6 is 11.6 Å². The molecule has 1 atom stereocenters. The van der Waals surface area contributed by atoms with Crippen LogP contribution in [0.15, 0.2) is 53.4 Å². The molecule has 0 amide bonds. The summed E-state index contributed by atoms with van der Waals surface area (Å²) in [6, 6.07) is 13.0. The second-order valence-electron chi connectivity index (χ2n) is 5.40. The lowest BCUT2D eigenvalue weighted by atomic mass is 9.88. The van der Waals surface area contributed by atoms with Gasteiger partial charge in [-0.25, -0.2) is 13.1 Å². The van der Waals surface area contributed by atoms with Crippen LogP contribution in [-0.2, 0) is 15.6 Å². The summed E-state index contributed by atoms with van der Waals surface area (Å²) in [5, 5.41) is 11.3. The van der Waals surface area contributed by atoms with E-state index in [2.05, 4.69) is 4.72 Å². The van der Waals surface area contributed by atoms with Crippen molar-refractivity contribution in [2.75, 3.05) is 13.2 Å². The average molecular weight is 354 g/mol. The number of nitrogens with one attached hydrogen (secondary N) is 1. The molecule has 2 N–H and O–H groups in total. The number of aliphatic hydroxyl groups is 1. The zero-order chi connectivity index (χ0) is 16.5. The minimum atomic E-state index is -3.73. The van der Waals surface area contributed by atoms with Crippen LogP contribution in [0.3, 0.4) is 0 Å². The summed E-state index contributed by atoms with van der Waals surface area (Å²) < 4.78 is 32.7. The van der Waals surface area contributed by atoms with Crippen LogP contribution in [0.2, 0.25) is 5.02 Å². The third-order valence-corrected chi connectivity index (χ3v) is 5.51. The molecule has 122 valence electrons. The Balaban J connectivity index is 1.81. The molecular weight excluding hydrogens is 338 g/mol. The third-order valence-electron chi connectivity index (χ3n) is 3.84. The first kappa shape index (κ1) is 16.3. The highest BCUT2D eigenvalue weighted by atomic mass is 35.5. The fraction of sp³-hybridized carbons (Fsp3) is 0.250. The van der Waals surface area contributed by atoms with Gasteiger partial charge in [0.15, 0.2) is 0 Å². The summed E-state index contributed by atoms with van der Waals surface area (Å²) >= 11 is 5.77. The van der Waals surface area contributed by atoms with Crippen molar-refractivity contribution in [1.29, 1.82) is 0 Å². The fourth-order valence-electron chi connectivity index (χ4n) is 2.54. The zero-order valence-electron chi connectivity index (χ0n) is 12.2. The van der Waals surface area contributed by atoms with Crippen LogP contribution in [0.1, 0.15) is 12.0 Å². The Kier molecular flexibility index (Phi) is 4.33. The van der Waals surface area contributed by atoms with E-state index < -0.39 is 15.6 Å². The maximum absolute atomic E-state index is 12.3. The number of para-hydroxylation sites is 1. The van der Waals surface area contributed by atoms with E-state index in [1.165, 1.54) is 24.3 Å². The lowest BCUT2D eigenvalue weighted by Crippen LogP contribution is -2.43. The minimum absolute atomic E-state index is 0.103. The maximum atomic E-state index is 12.3. The average Bonchev–Trinajstić information content (AvgIpc) is 2.54. The van der Waals surface area contributed by atoms with Crippen LogP contribution < -0.4 is 9.46 Å². The molecule has 23 heavy (non-hydrogen) atoms. The first-order valence-corrected chi connectivity index (χ1v) is 8.97. The molecule has 2 aromatic rings. The van der Waals surface area contributed by atoms with Gasteiger partial charge in [0, 0.05) is 23.6 Å². The first-order valence-electron chi connectivity index (χ1n) is 7.11. The number of ether oxygens (including phenoxy) is 1. The highest BCUT2D eigenvalue weighted by Crippen LogP contribution is 2.36. The molecule has 3 rings (SSSR count). The Morgan fingerprint density at radius 1 is 1.17 bits per heavy atom. The summed E-state index contributed by atoms with van der Waals surface area (Å²) in [6.45, 7) is 0.203. The van der Waals surface area contributed by atoms with Crippen LogP contribution in [-0.4, -0.2) is 26.7 Å². The van der Waals surface area contributed by atoms with Gasteiger partial charge < -0.3 is 9.84 Å². The molecule has 0 saturated heterocycles. The molecule has 7 heteroatoms. The van der Waals surface area contributed by atoms with Crippen molar-refractivity contribution in [3.8, 4) is 5.75 Å². The molecule has 1 aliphatic rings. The molecule has 0 saturated carbocycles. The molecule has 1 heterocycles. The van der Waals surface area contributed by atoms with Crippen molar-refractivity contribution < 1.29 is 18.3 Å². The first-order chi connectivity index (χ1) is 10.9. The molecular formula is C16H16ClNO4S. The number of sulfonamides is 1. The van der Waals surface area contributed by atoms with Crippen molar-refractivity contribution in [2.45, 2.75) is 16.9 Å². The van der Waals surface area contributed by atoms with Gasteiger partial charge in [0.1, 0.15) is 11.4 Å². The Morgan fingerprint density at radius 3 is 2.61 bits per heavy atom. The SMILES string of the molecule is O=S(=O)(NCC1(O)CCOc2ccccc21)c1ccc(Cl)cc1. The normalized spacial score (nSPS) is 20.6. The summed E-state index contributed by atoms with van der Waals surface area (Å²) in [6.07, 6.45) is 0.313. The predicted octanol–water partition coefficient (Wildman–Crippen LogP) is 2.29. The van der Waals surface area contributed by atoms with E-state index in [4.69, 9.17) is 16.3 Å². The lowest BCUT2D eigenvalue weighted by molar-refractivity contribution is 0.00219. The molecule has 0 fully saturated rings. The molecule has 1 aliphatic heterocycles. The van der Waals surface area contributed by atoms with Crippen LogP contribution in [0.5, 0.6) is 5.75 Å². The number of hydrogen-bond acceptors (Lipinski definition) is 4. The van der Waals surface area contributed by atoms with Gasteiger partial charge in [0.2, 0.25) is 10.0 Å². The van der Waals surface area contributed by atoms with Gasteiger partial charge >= 0.3 is 0 Å². The predicted molar refractivity (Wildman–Crippen MR) is 87.1 cm³/mol. The summed E-state index contributed by atoms with van der Waals surface area (Å²) in [4.78, 5) is 0.103. The van der Waals surface area contributed by atoms with E-state index in [9.17, 15) is 13.5 Å². The van der Waals surface area contributed by atoms with Gasteiger partial charge in [-0.15, -0.1) is 0 Å². The van der Waals surface area contributed by atoms with Crippen molar-refractivity contribution in [2.24, 2.45) is 0 Å². The zero-order valence-corrected chi connectivity index (χ0v) is 13.8. The van der Waals surface area contributed by atoms with E-state index in [1.54, 1.807) is 18.2 Å². The molecule has 5 nitrogen and oxygen atoms in total. The molecule has 1 unspecified atom stereocenters. The molecule has 0 aromatic heterocycles. The number of halogens is 1. The standard InChI is InChI=1S/C16H16ClNO4S/c17-12-5-7-13(8-6-12)23(20,21)18-11-16(19)9-10-22-15-4-2-1-3-14(15)16/h1-8,18-19H,9-11H2. The number of benzene rings is 2. The molecule has 0 aliphatic carbocycles. The van der Waals surface area contributed by atoms with Crippen molar-refractivity contribution >= 4 is 21.6 Å². The minimum Gasteiger partial charge on any atom is -0.493 e. The summed E-state index contributed by atoms with van der Waals surface area (Å²) in [5.41, 5.74) is -0.709. The van der Waals surface area contributed by atoms with Gasteiger partial charge in [-0.3, -0.25) is 0 Å². The van der Waals surface area contributed by atoms with Gasteiger partial charge in [0.05, 0.1) is 11.5 Å². The number of rotatable bonds is 4. The number of hydrogen-bond donors (Lipinski definition) is 2. The van der Waals surface area contributed by atoms with Gasteiger partial charge in [-0.05, 0) is 30.3 Å². The van der Waals surface area contributed by atoms with Crippen molar-refractivity contribution in [3.63, 3.8) is 0 Å². The topological polar surface area (TPSA) is 75.6 Å². The Bertz CT molecular complexity index is 807. The third kappa shape index (κ3) is 3.35. The van der Waals surface area contributed by atoms with Gasteiger partial charge in [0.25, 0.3) is 0 Å². The quantitative estimate of drug-likeness (QED) is 0.884. The molecule has 0 spiro atoms. The highest BCUT2D eigenvalue weighted by Gasteiger charge is 2.36. The smallest absolute Gasteiger partial charge is 0.240 e. The largest absolute Gasteiger partial charge is 0.493 e. The van der Waals surface area contributed by atoms with E-state index >= 15 is 0 Å². The number of fused-ring (bicyclic) bond motifs is 1. The monoisotopic (exact) mass is 353 g/mol. The Labute approximate surface area is 139 Å². The van der Waals surface area contributed by atoms with Crippen LogP contribution in [0, 0.1) is 0 Å². The lowest BCUT2D eigenvalue weighted by Gasteiger charge is -2.34. The summed E-state index contributed by atoms with van der Waals surface area (Å²) in [7, 11) is -3.73. The maximum Gasteiger partial charge on any atom is 0.240 e. The van der Waals surface area contributed by atoms with Gasteiger partial charge in [-0.2, -0.15) is 0 Å². The molecule has 2 aromatic carbocycles. The van der Waals surface area contributed by atoms with Crippen LogP contribution in [0.4, 0.5) is 0 Å². The van der Waals surface area contributed by atoms with E-state index in [0.717, 1.165) is 0 Å². The second-order valence-corrected chi connectivity index (χ2v) is 7.61.